The van der Waals surface area contributed by atoms with Gasteiger partial charge in [0, 0.05) is 45.6 Å². The van der Waals surface area contributed by atoms with Gasteiger partial charge in [0.25, 0.3) is 11.8 Å². The average molecular weight is 750 g/mol. The Kier molecular flexibility index (Phi) is 12.1. The van der Waals surface area contributed by atoms with Crippen molar-refractivity contribution in [1.29, 1.82) is 0 Å². The Morgan fingerprint density at radius 2 is 1.79 bits per heavy atom. The molecule has 1 fully saturated rings. The first-order valence-electron chi connectivity index (χ1n) is 18.8. The van der Waals surface area contributed by atoms with Gasteiger partial charge in [0.05, 0.1) is 37.4 Å². The Morgan fingerprint density at radius 1 is 1.02 bits per heavy atom. The van der Waals surface area contributed by atoms with E-state index in [-0.39, 0.29) is 64.6 Å². The molecule has 12 nitrogen and oxygen atoms in total. The fraction of sp³-hybridized carbons (Fsp3) is 0.575. The minimum absolute atomic E-state index is 0.0617. The number of anilines is 1. The van der Waals surface area contributed by atoms with Crippen LogP contribution in [0, 0.1) is 29.6 Å². The SMILES string of the molecule is COc1nn(C)cc1C(=O)NS1(=O)=NC(=O)c2ccc3c(c2)N(Cc2ccccc2CCCCO3)C[C@H](C)[C@@H](C)[C@@H](OC)C[C@@H]2[C@H](OC[C@H]2C)[C@H](C)C1. The molecule has 8 atom stereocenters. The van der Waals surface area contributed by atoms with Gasteiger partial charge < -0.3 is 23.8 Å². The van der Waals surface area contributed by atoms with Crippen molar-refractivity contribution in [3.63, 3.8) is 0 Å². The van der Waals surface area contributed by atoms with Gasteiger partial charge in [0.2, 0.25) is 5.88 Å². The smallest absolute Gasteiger partial charge is 0.286 e. The van der Waals surface area contributed by atoms with Gasteiger partial charge in [-0.25, -0.2) is 4.21 Å². The van der Waals surface area contributed by atoms with Gasteiger partial charge >= 0.3 is 0 Å². The molecule has 0 saturated carbocycles. The van der Waals surface area contributed by atoms with Crippen molar-refractivity contribution in [3.8, 4) is 11.6 Å². The molecule has 288 valence electrons. The molecule has 1 unspecified atom stereocenters. The molecule has 4 heterocycles. The van der Waals surface area contributed by atoms with Gasteiger partial charge in [-0.05, 0) is 84.6 Å². The highest BCUT2D eigenvalue weighted by Crippen LogP contribution is 2.40. The lowest BCUT2D eigenvalue weighted by atomic mass is 9.78. The van der Waals surface area contributed by atoms with E-state index in [0.29, 0.717) is 32.1 Å². The average Bonchev–Trinajstić information content (AvgIpc) is 3.70. The minimum atomic E-state index is -3.70. The summed E-state index contributed by atoms with van der Waals surface area (Å²) in [5.74, 6) is -0.344. The van der Waals surface area contributed by atoms with Gasteiger partial charge in [-0.15, -0.1) is 9.46 Å². The third-order valence-electron chi connectivity index (χ3n) is 11.4. The fourth-order valence-corrected chi connectivity index (χ4v) is 10.1. The summed E-state index contributed by atoms with van der Waals surface area (Å²) >= 11 is 0. The van der Waals surface area contributed by atoms with E-state index in [9.17, 15) is 13.8 Å². The monoisotopic (exact) mass is 749 g/mol. The second-order valence-corrected chi connectivity index (χ2v) is 17.3. The number of aryl methyl sites for hydroxylation is 2. The lowest BCUT2D eigenvalue weighted by molar-refractivity contribution is -0.00430. The van der Waals surface area contributed by atoms with E-state index in [4.69, 9.17) is 18.9 Å². The van der Waals surface area contributed by atoms with Crippen LogP contribution >= 0.6 is 0 Å². The minimum Gasteiger partial charge on any atom is -0.491 e. The van der Waals surface area contributed by atoms with E-state index >= 15 is 0 Å². The number of fused-ring (bicyclic) bond motifs is 3. The maximum Gasteiger partial charge on any atom is 0.286 e. The molecule has 1 N–H and O–H groups in total. The maximum atomic E-state index is 15.0. The molecule has 0 radical (unpaired) electrons. The number of aromatic nitrogens is 2. The van der Waals surface area contributed by atoms with Crippen LogP contribution in [-0.4, -0.2) is 77.7 Å². The van der Waals surface area contributed by atoms with Gasteiger partial charge in [0.15, 0.2) is 0 Å². The van der Waals surface area contributed by atoms with E-state index in [1.807, 2.05) is 13.0 Å². The zero-order valence-electron chi connectivity index (χ0n) is 32.1. The summed E-state index contributed by atoms with van der Waals surface area (Å²) in [5, 5.41) is 4.18. The molecule has 6 rings (SSSR count). The molecule has 2 aromatic carbocycles. The highest BCUT2D eigenvalue weighted by Gasteiger charge is 2.42. The molecule has 2 bridgehead atoms. The molecule has 0 aliphatic carbocycles. The van der Waals surface area contributed by atoms with Crippen LogP contribution in [0.25, 0.3) is 0 Å². The first-order valence-corrected chi connectivity index (χ1v) is 20.5. The van der Waals surface area contributed by atoms with E-state index in [2.05, 4.69) is 64.1 Å². The number of methoxy groups -OCH3 is 2. The molecular formula is C40H55N5O7S. The summed E-state index contributed by atoms with van der Waals surface area (Å²) in [5.41, 5.74) is 3.64. The van der Waals surface area contributed by atoms with Crippen LogP contribution in [0.1, 0.15) is 78.8 Å². The van der Waals surface area contributed by atoms with Crippen LogP contribution in [0.5, 0.6) is 11.6 Å². The number of benzene rings is 2. The van der Waals surface area contributed by atoms with Crippen molar-refractivity contribution in [2.24, 2.45) is 41.0 Å². The quantitative estimate of drug-likeness (QED) is 0.337. The number of nitrogens with one attached hydrogen (secondary N) is 1. The Hall–Kier alpha value is -3.94. The van der Waals surface area contributed by atoms with Crippen LogP contribution in [0.15, 0.2) is 53.0 Å². The molecule has 2 amide bonds. The van der Waals surface area contributed by atoms with Crippen molar-refractivity contribution in [1.82, 2.24) is 14.5 Å². The Balaban J connectivity index is 1.49. The summed E-state index contributed by atoms with van der Waals surface area (Å²) in [6, 6.07) is 13.8. The van der Waals surface area contributed by atoms with E-state index in [0.717, 1.165) is 31.4 Å². The van der Waals surface area contributed by atoms with Crippen LogP contribution in [0.2, 0.25) is 0 Å². The molecule has 3 aliphatic rings. The summed E-state index contributed by atoms with van der Waals surface area (Å²) < 4.78 is 47.8. The molecule has 1 saturated heterocycles. The van der Waals surface area contributed by atoms with Crippen molar-refractivity contribution >= 4 is 27.4 Å². The summed E-state index contributed by atoms with van der Waals surface area (Å²) in [6.07, 6.45) is 4.74. The fourth-order valence-electron chi connectivity index (χ4n) is 8.20. The lowest BCUT2D eigenvalue weighted by Gasteiger charge is -2.37. The van der Waals surface area contributed by atoms with Crippen molar-refractivity contribution in [2.75, 3.05) is 44.6 Å². The standard InChI is InChI=1S/C40H55N5O7S/c1-25-20-45-21-31-14-9-8-12-29(31)13-10-11-17-51-35-16-15-30(18-34(35)45)38(46)42-53(48,43-39(47)33-22-44(5)41-40(33)50-7)24-27(3)37-32(26(2)23-52-37)19-36(49-6)28(25)4/h8-9,12,14-16,18,22,25-28,32,36-37H,10-11,13,17,19-21,23-24H2,1-7H3,(H,42,43,46,47,48)/t25-,26+,27+,28+,32-,36-,37+,53?/m0/s1. The van der Waals surface area contributed by atoms with Gasteiger partial charge in [0.1, 0.15) is 21.2 Å². The predicted octanol–water partition coefficient (Wildman–Crippen LogP) is 6.08. The predicted molar refractivity (Wildman–Crippen MR) is 205 cm³/mol. The molecule has 0 spiro atoms. The van der Waals surface area contributed by atoms with Crippen molar-refractivity contribution in [2.45, 2.75) is 72.1 Å². The number of carbonyl (C=O) groups is 2. The number of hydrogen-bond acceptors (Lipinski definition) is 9. The zero-order chi connectivity index (χ0) is 37.9. The number of rotatable bonds is 4. The third-order valence-corrected chi connectivity index (χ3v) is 13.3. The summed E-state index contributed by atoms with van der Waals surface area (Å²) in [7, 11) is 1.15. The Labute approximate surface area is 314 Å². The summed E-state index contributed by atoms with van der Waals surface area (Å²) in [6.45, 7) is 11.0. The summed E-state index contributed by atoms with van der Waals surface area (Å²) in [4.78, 5) is 30.2. The second-order valence-electron chi connectivity index (χ2n) is 15.3. The van der Waals surface area contributed by atoms with E-state index < -0.39 is 21.7 Å². The van der Waals surface area contributed by atoms with E-state index in [1.54, 1.807) is 26.3 Å². The topological polar surface area (TPSA) is 134 Å². The Morgan fingerprint density at radius 3 is 2.55 bits per heavy atom. The molecular weight excluding hydrogens is 695 g/mol. The molecule has 53 heavy (non-hydrogen) atoms. The van der Waals surface area contributed by atoms with Crippen molar-refractivity contribution < 1.29 is 32.7 Å². The largest absolute Gasteiger partial charge is 0.491 e. The second kappa shape index (κ2) is 16.6. The van der Waals surface area contributed by atoms with Crippen molar-refractivity contribution in [3.05, 3.63) is 70.9 Å². The molecule has 1 aromatic heterocycles. The third kappa shape index (κ3) is 8.73. The van der Waals surface area contributed by atoms with Crippen LogP contribution in [-0.2, 0) is 39.4 Å². The maximum absolute atomic E-state index is 15.0. The highest BCUT2D eigenvalue weighted by atomic mass is 32.2. The number of hydrogen-bond donors (Lipinski definition) is 1. The number of nitrogens with zero attached hydrogens (tertiary/aromatic N) is 4. The lowest BCUT2D eigenvalue weighted by Crippen LogP contribution is -2.41. The van der Waals surface area contributed by atoms with Gasteiger partial charge in [-0.2, -0.15) is 0 Å². The first kappa shape index (κ1) is 38.8. The number of ether oxygens (including phenoxy) is 4. The van der Waals surface area contributed by atoms with Gasteiger partial charge in [-0.3, -0.25) is 19.0 Å². The normalized spacial score (nSPS) is 29.8. The number of amides is 2. The molecule has 3 aliphatic heterocycles. The van der Waals surface area contributed by atoms with E-state index in [1.165, 1.54) is 29.1 Å². The van der Waals surface area contributed by atoms with Crippen LogP contribution in [0.3, 0.4) is 0 Å². The zero-order valence-corrected chi connectivity index (χ0v) is 32.9. The molecule has 3 aromatic rings. The number of carbonyl (C=O) groups excluding carboxylic acids is 2. The van der Waals surface area contributed by atoms with Gasteiger partial charge in [-0.1, -0.05) is 52.0 Å². The van der Waals surface area contributed by atoms with Crippen LogP contribution in [0.4, 0.5) is 5.69 Å². The van der Waals surface area contributed by atoms with Crippen LogP contribution < -0.4 is 19.1 Å². The molecule has 13 heteroatoms. The Bertz CT molecular complexity index is 1910. The highest BCUT2D eigenvalue weighted by molar-refractivity contribution is 7.92. The first-order chi connectivity index (χ1) is 25.4.